The molecule has 0 aliphatic carbocycles. The molecule has 0 unspecified atom stereocenters. The van der Waals surface area contributed by atoms with Crippen molar-refractivity contribution in [2.24, 2.45) is 10.8 Å². The first-order chi connectivity index (χ1) is 22.7. The van der Waals surface area contributed by atoms with Crippen LogP contribution >= 0.6 is 0 Å². The Hall–Kier alpha value is -2.36. The molecule has 0 aliphatic heterocycles. The van der Waals surface area contributed by atoms with Crippen molar-refractivity contribution >= 4 is 23.9 Å². The predicted molar refractivity (Wildman–Crippen MR) is 182 cm³/mol. The Kier molecular flexibility index (Phi) is 40.9. The van der Waals surface area contributed by atoms with E-state index >= 15 is 0 Å². The third kappa shape index (κ3) is 38.1. The van der Waals surface area contributed by atoms with E-state index < -0.39 is 74.3 Å². The highest BCUT2D eigenvalue weighted by atomic mass is 16.4. The Morgan fingerprint density at radius 3 is 0.771 bits per heavy atom. The minimum absolute atomic E-state index is 0.0628. The number of carboxylic acids is 4. The van der Waals surface area contributed by atoms with Gasteiger partial charge in [-0.05, 0) is 26.2 Å². The Balaban J connectivity index is -0.000000292. The summed E-state index contributed by atoms with van der Waals surface area (Å²) in [6.45, 7) is 0.833. The SMILES string of the molecule is CC(CO)(CO)C(=O)O.CCCCCCCCCCCCCCCCCC(=O)O.O=C(O)CCCCC(=O)O.OCC(CO)(CO)CO. The molecule has 0 bridgehead atoms. The van der Waals surface area contributed by atoms with Crippen LogP contribution in [-0.2, 0) is 19.2 Å². The lowest BCUT2D eigenvalue weighted by atomic mass is 9.93. The van der Waals surface area contributed by atoms with Crippen LogP contribution in [0.4, 0.5) is 0 Å². The Bertz CT molecular complexity index is 719. The van der Waals surface area contributed by atoms with Crippen molar-refractivity contribution in [2.45, 2.75) is 142 Å². The molecular formula is C34H68O14. The third-order valence-corrected chi connectivity index (χ3v) is 7.58. The van der Waals surface area contributed by atoms with Crippen molar-refractivity contribution in [3.8, 4) is 0 Å². The second-order valence-electron chi connectivity index (χ2n) is 12.4. The van der Waals surface area contributed by atoms with Gasteiger partial charge in [0.2, 0.25) is 0 Å². The van der Waals surface area contributed by atoms with Gasteiger partial charge in [-0.3, -0.25) is 19.2 Å². The van der Waals surface area contributed by atoms with Crippen LogP contribution in [0.2, 0.25) is 0 Å². The van der Waals surface area contributed by atoms with Gasteiger partial charge in [0, 0.05) is 19.3 Å². The quantitative estimate of drug-likeness (QED) is 0.0516. The van der Waals surface area contributed by atoms with Gasteiger partial charge in [0.25, 0.3) is 0 Å². The largest absolute Gasteiger partial charge is 0.481 e. The van der Waals surface area contributed by atoms with E-state index in [2.05, 4.69) is 6.92 Å². The minimum Gasteiger partial charge on any atom is -0.481 e. The highest BCUT2D eigenvalue weighted by Crippen LogP contribution is 2.15. The standard InChI is InChI=1S/C18H36O2.C6H10O4.C5H10O4.C5H12O4/c1-2-3-4-5-6-7-8-9-10-11-12-13-14-15-16-17-18(19)20;7-5(8)3-1-2-4-6(9)10;1-5(2-6,3-7)4(8)9;6-1-5(2-7,3-8)4-9/h2-17H2,1H3,(H,19,20);1-4H2,(H,7,8)(H,9,10);6-7H,2-3H2,1H3,(H,8,9);6-9H,1-4H2. The van der Waals surface area contributed by atoms with Gasteiger partial charge in [0.05, 0.1) is 45.1 Å². The summed E-state index contributed by atoms with van der Waals surface area (Å²) in [7, 11) is 0. The van der Waals surface area contributed by atoms with Crippen molar-refractivity contribution in [3.05, 3.63) is 0 Å². The number of aliphatic hydroxyl groups is 6. The van der Waals surface area contributed by atoms with Crippen LogP contribution in [-0.4, -0.2) is 115 Å². The Labute approximate surface area is 286 Å². The van der Waals surface area contributed by atoms with Crippen LogP contribution in [0, 0.1) is 10.8 Å². The average Bonchev–Trinajstić information content (AvgIpc) is 3.06. The normalized spacial score (nSPS) is 10.8. The van der Waals surface area contributed by atoms with E-state index in [9.17, 15) is 19.2 Å². The molecule has 0 aliphatic rings. The number of aliphatic hydroxyl groups excluding tert-OH is 6. The molecule has 0 saturated carbocycles. The first-order valence-corrected chi connectivity index (χ1v) is 17.2. The summed E-state index contributed by atoms with van der Waals surface area (Å²) in [4.78, 5) is 40.3. The van der Waals surface area contributed by atoms with Crippen molar-refractivity contribution in [3.63, 3.8) is 0 Å². The van der Waals surface area contributed by atoms with Gasteiger partial charge in [-0.2, -0.15) is 0 Å². The zero-order chi connectivity index (χ0) is 37.7. The van der Waals surface area contributed by atoms with Crippen LogP contribution < -0.4 is 0 Å². The number of carboxylic acid groups (broad SMARTS) is 4. The Morgan fingerprint density at radius 1 is 0.396 bits per heavy atom. The third-order valence-electron chi connectivity index (χ3n) is 7.58. The molecule has 0 radical (unpaired) electrons. The van der Waals surface area contributed by atoms with Crippen molar-refractivity contribution in [1.29, 1.82) is 0 Å². The Morgan fingerprint density at radius 2 is 0.625 bits per heavy atom. The highest BCUT2D eigenvalue weighted by molar-refractivity contribution is 5.74. The smallest absolute Gasteiger partial charge is 0.314 e. The van der Waals surface area contributed by atoms with Gasteiger partial charge in [0.1, 0.15) is 5.41 Å². The topological polar surface area (TPSA) is 271 Å². The van der Waals surface area contributed by atoms with Gasteiger partial charge in [-0.1, -0.05) is 96.8 Å². The molecule has 0 aromatic heterocycles. The van der Waals surface area contributed by atoms with Gasteiger partial charge < -0.3 is 51.1 Å². The molecule has 14 heteroatoms. The monoisotopic (exact) mass is 700 g/mol. The van der Waals surface area contributed by atoms with Crippen molar-refractivity contribution in [2.75, 3.05) is 39.6 Å². The molecule has 0 fully saturated rings. The lowest BCUT2D eigenvalue weighted by Crippen LogP contribution is -2.37. The number of unbranched alkanes of at least 4 members (excludes halogenated alkanes) is 15. The number of carbonyl (C=O) groups is 4. The maximum Gasteiger partial charge on any atom is 0.314 e. The van der Waals surface area contributed by atoms with E-state index in [0.717, 1.165) is 12.8 Å². The highest BCUT2D eigenvalue weighted by Gasteiger charge is 2.31. The van der Waals surface area contributed by atoms with Crippen LogP contribution in [0.3, 0.4) is 0 Å². The number of aliphatic carboxylic acids is 4. The summed E-state index contributed by atoms with van der Waals surface area (Å²) in [5.41, 5.74) is -2.50. The van der Waals surface area contributed by atoms with Gasteiger partial charge in [0.15, 0.2) is 0 Å². The summed E-state index contributed by atoms with van der Waals surface area (Å²) in [5.74, 6) is -3.58. The van der Waals surface area contributed by atoms with E-state index in [1.54, 1.807) is 0 Å². The van der Waals surface area contributed by atoms with E-state index in [1.165, 1.54) is 90.4 Å². The molecule has 0 saturated heterocycles. The van der Waals surface area contributed by atoms with E-state index in [-0.39, 0.29) is 12.8 Å². The molecule has 14 nitrogen and oxygen atoms in total. The maximum absolute atomic E-state index is 10.3. The van der Waals surface area contributed by atoms with Crippen LogP contribution in [0.1, 0.15) is 142 Å². The summed E-state index contributed by atoms with van der Waals surface area (Å²) >= 11 is 0. The maximum atomic E-state index is 10.3. The van der Waals surface area contributed by atoms with E-state index in [0.29, 0.717) is 19.3 Å². The fourth-order valence-corrected chi connectivity index (χ4v) is 3.69. The average molecular weight is 701 g/mol. The molecule has 0 aromatic rings. The zero-order valence-electron chi connectivity index (χ0n) is 29.5. The lowest BCUT2D eigenvalue weighted by molar-refractivity contribution is -0.153. The molecule has 0 aromatic carbocycles. The molecule has 48 heavy (non-hydrogen) atoms. The molecule has 0 heterocycles. The van der Waals surface area contributed by atoms with Gasteiger partial charge in [-0.15, -0.1) is 0 Å². The first kappa shape index (κ1) is 52.5. The van der Waals surface area contributed by atoms with Crippen LogP contribution in [0.15, 0.2) is 0 Å². The lowest BCUT2D eigenvalue weighted by Gasteiger charge is -2.23. The molecule has 10 N–H and O–H groups in total. The molecular weight excluding hydrogens is 632 g/mol. The van der Waals surface area contributed by atoms with Crippen molar-refractivity contribution in [1.82, 2.24) is 0 Å². The van der Waals surface area contributed by atoms with Crippen LogP contribution in [0.5, 0.6) is 0 Å². The molecule has 288 valence electrons. The molecule has 0 rings (SSSR count). The van der Waals surface area contributed by atoms with Crippen molar-refractivity contribution < 1.29 is 70.2 Å². The fourth-order valence-electron chi connectivity index (χ4n) is 3.69. The molecule has 0 spiro atoms. The predicted octanol–water partition coefficient (Wildman–Crippen LogP) is 4.05. The number of rotatable bonds is 28. The molecule has 0 atom stereocenters. The van der Waals surface area contributed by atoms with E-state index in [1.807, 2.05) is 0 Å². The minimum atomic E-state index is -1.39. The molecule has 0 amide bonds. The zero-order valence-corrected chi connectivity index (χ0v) is 29.5. The first-order valence-electron chi connectivity index (χ1n) is 17.2. The fraction of sp³-hybridized carbons (Fsp3) is 0.882. The van der Waals surface area contributed by atoms with Gasteiger partial charge >= 0.3 is 23.9 Å². The summed E-state index contributed by atoms with van der Waals surface area (Å²) in [6, 6.07) is 0. The second kappa shape index (κ2) is 37.5. The number of hydrogen-bond donors (Lipinski definition) is 10. The summed E-state index contributed by atoms with van der Waals surface area (Å²) in [5, 5.41) is 83.9. The summed E-state index contributed by atoms with van der Waals surface area (Å²) < 4.78 is 0. The van der Waals surface area contributed by atoms with E-state index in [4.69, 9.17) is 51.1 Å². The van der Waals surface area contributed by atoms with Crippen LogP contribution in [0.25, 0.3) is 0 Å². The second-order valence-corrected chi connectivity index (χ2v) is 12.4. The summed E-state index contributed by atoms with van der Waals surface area (Å²) in [6.07, 6.45) is 21.2. The van der Waals surface area contributed by atoms with Gasteiger partial charge in [-0.25, -0.2) is 0 Å². The number of hydrogen-bond acceptors (Lipinski definition) is 10.